The van der Waals surface area contributed by atoms with Crippen molar-refractivity contribution in [1.82, 2.24) is 0 Å². The fourth-order valence-electron chi connectivity index (χ4n) is 1.60. The van der Waals surface area contributed by atoms with Crippen LogP contribution in [0.2, 0.25) is 5.02 Å². The second kappa shape index (κ2) is 6.56. The molecule has 0 saturated heterocycles. The van der Waals surface area contributed by atoms with E-state index in [1.807, 2.05) is 0 Å². The number of hydrogen-bond donors (Lipinski definition) is 1. The molecule has 0 heterocycles. The van der Waals surface area contributed by atoms with Crippen LogP contribution in [0, 0.1) is 0 Å². The molecule has 0 bridgehead atoms. The molecule has 2 aromatic rings. The minimum atomic E-state index is -3.72. The van der Waals surface area contributed by atoms with Crippen LogP contribution in [0.5, 0.6) is 5.75 Å². The monoisotopic (exact) mass is 453 g/mol. The molecule has 0 radical (unpaired) electrons. The summed E-state index contributed by atoms with van der Waals surface area (Å²) in [5, 5.41) is 0.422. The largest absolute Gasteiger partial charge is 0.496 e. The molecule has 0 atom stereocenters. The third kappa shape index (κ3) is 3.71. The van der Waals surface area contributed by atoms with Gasteiger partial charge in [0, 0.05) is 0 Å². The van der Waals surface area contributed by atoms with Gasteiger partial charge in [0.05, 0.1) is 31.7 Å². The van der Waals surface area contributed by atoms with Gasteiger partial charge in [0.15, 0.2) is 0 Å². The first-order valence-electron chi connectivity index (χ1n) is 5.65. The van der Waals surface area contributed by atoms with E-state index in [-0.39, 0.29) is 4.90 Å². The molecule has 0 amide bonds. The Kier molecular flexibility index (Phi) is 5.19. The van der Waals surface area contributed by atoms with Crippen molar-refractivity contribution in [3.8, 4) is 5.75 Å². The number of halogens is 3. The first-order valence-corrected chi connectivity index (χ1v) is 9.10. The van der Waals surface area contributed by atoms with Crippen LogP contribution in [0.15, 0.2) is 50.2 Å². The van der Waals surface area contributed by atoms with E-state index in [0.29, 0.717) is 25.4 Å². The number of benzene rings is 2. The Bertz CT molecular complexity index is 781. The van der Waals surface area contributed by atoms with Gasteiger partial charge in [-0.1, -0.05) is 17.7 Å². The zero-order chi connectivity index (χ0) is 15.6. The maximum absolute atomic E-state index is 12.4. The van der Waals surface area contributed by atoms with E-state index >= 15 is 0 Å². The van der Waals surface area contributed by atoms with Crippen molar-refractivity contribution < 1.29 is 13.2 Å². The lowest BCUT2D eigenvalue weighted by Crippen LogP contribution is -2.13. The number of nitrogens with one attached hydrogen (secondary N) is 1. The Labute approximate surface area is 144 Å². The van der Waals surface area contributed by atoms with Crippen molar-refractivity contribution in [3.63, 3.8) is 0 Å². The average molecular weight is 456 g/mol. The van der Waals surface area contributed by atoms with Crippen molar-refractivity contribution >= 4 is 59.2 Å². The van der Waals surface area contributed by atoms with Gasteiger partial charge < -0.3 is 4.74 Å². The number of ether oxygens (including phenoxy) is 1. The van der Waals surface area contributed by atoms with Crippen LogP contribution in [0.3, 0.4) is 0 Å². The normalized spacial score (nSPS) is 11.2. The molecule has 112 valence electrons. The molecule has 21 heavy (non-hydrogen) atoms. The fraction of sp³-hybridized carbons (Fsp3) is 0.0769. The summed E-state index contributed by atoms with van der Waals surface area (Å²) in [6, 6.07) is 9.45. The van der Waals surface area contributed by atoms with Gasteiger partial charge in [-0.05, 0) is 62.2 Å². The summed E-state index contributed by atoms with van der Waals surface area (Å²) in [6.45, 7) is 0. The second-order valence-corrected chi connectivity index (χ2v) is 7.74. The van der Waals surface area contributed by atoms with Gasteiger partial charge >= 0.3 is 0 Å². The van der Waals surface area contributed by atoms with Crippen LogP contribution in [0.25, 0.3) is 0 Å². The highest BCUT2D eigenvalue weighted by atomic mass is 79.9. The summed E-state index contributed by atoms with van der Waals surface area (Å²) < 4.78 is 33.4. The van der Waals surface area contributed by atoms with Crippen LogP contribution in [0.1, 0.15) is 0 Å². The molecule has 0 saturated carbocycles. The van der Waals surface area contributed by atoms with Gasteiger partial charge in [0.2, 0.25) is 0 Å². The van der Waals surface area contributed by atoms with Crippen molar-refractivity contribution in [2.24, 2.45) is 0 Å². The molecule has 8 heteroatoms. The Hall–Kier alpha value is -0.760. The first-order chi connectivity index (χ1) is 9.85. The van der Waals surface area contributed by atoms with Crippen LogP contribution < -0.4 is 9.46 Å². The predicted octanol–water partition coefficient (Wildman–Crippen LogP) is 4.67. The second-order valence-electron chi connectivity index (χ2n) is 4.00. The Balaban J connectivity index is 2.39. The zero-order valence-electron chi connectivity index (χ0n) is 10.7. The van der Waals surface area contributed by atoms with Crippen LogP contribution in [0.4, 0.5) is 5.69 Å². The van der Waals surface area contributed by atoms with Crippen molar-refractivity contribution in [2.45, 2.75) is 4.90 Å². The number of sulfonamides is 1. The summed E-state index contributed by atoms with van der Waals surface area (Å²) in [7, 11) is -2.21. The van der Waals surface area contributed by atoms with E-state index in [2.05, 4.69) is 36.6 Å². The molecule has 4 nitrogen and oxygen atoms in total. The Morgan fingerprint density at radius 1 is 1.19 bits per heavy atom. The lowest BCUT2D eigenvalue weighted by atomic mass is 10.3. The van der Waals surface area contributed by atoms with E-state index in [1.165, 1.54) is 19.2 Å². The van der Waals surface area contributed by atoms with Crippen molar-refractivity contribution in [3.05, 3.63) is 50.4 Å². The molecular formula is C13H10Br2ClNO3S. The highest BCUT2D eigenvalue weighted by Gasteiger charge is 2.18. The third-order valence-electron chi connectivity index (χ3n) is 2.63. The number of methoxy groups -OCH3 is 1. The Morgan fingerprint density at radius 2 is 1.90 bits per heavy atom. The van der Waals surface area contributed by atoms with E-state index < -0.39 is 10.0 Å². The minimum absolute atomic E-state index is 0.113. The summed E-state index contributed by atoms with van der Waals surface area (Å²) in [6.07, 6.45) is 0. The molecule has 0 aliphatic heterocycles. The highest BCUT2D eigenvalue weighted by molar-refractivity contribution is 9.11. The van der Waals surface area contributed by atoms with Gasteiger partial charge in [-0.25, -0.2) is 8.42 Å². The van der Waals surface area contributed by atoms with Crippen LogP contribution in [-0.4, -0.2) is 15.5 Å². The SMILES string of the molecule is COc1ccc(S(=O)(=O)Nc2cccc(Cl)c2Br)cc1Br. The standard InChI is InChI=1S/C13H10Br2ClNO3S/c1-20-12-6-5-8(7-9(12)14)21(18,19)17-11-4-2-3-10(16)13(11)15/h2-7,17H,1H3. The van der Waals surface area contributed by atoms with Crippen molar-refractivity contribution in [2.75, 3.05) is 11.8 Å². The number of hydrogen-bond acceptors (Lipinski definition) is 3. The molecule has 2 aromatic carbocycles. The van der Waals surface area contributed by atoms with Crippen LogP contribution >= 0.6 is 43.5 Å². The van der Waals surface area contributed by atoms with Crippen molar-refractivity contribution in [1.29, 1.82) is 0 Å². The molecule has 0 aromatic heterocycles. The average Bonchev–Trinajstić information content (AvgIpc) is 2.43. The topological polar surface area (TPSA) is 55.4 Å². The van der Waals surface area contributed by atoms with E-state index in [1.54, 1.807) is 24.3 Å². The molecule has 0 spiro atoms. The zero-order valence-corrected chi connectivity index (χ0v) is 15.5. The third-order valence-corrected chi connectivity index (χ3v) is 6.01. The highest BCUT2D eigenvalue weighted by Crippen LogP contribution is 2.33. The van der Waals surface area contributed by atoms with Gasteiger partial charge in [0.25, 0.3) is 10.0 Å². The number of rotatable bonds is 4. The van der Waals surface area contributed by atoms with Gasteiger partial charge in [-0.2, -0.15) is 0 Å². The molecule has 0 unspecified atom stereocenters. The van der Waals surface area contributed by atoms with Gasteiger partial charge in [-0.15, -0.1) is 0 Å². The van der Waals surface area contributed by atoms with Crippen LogP contribution in [-0.2, 0) is 10.0 Å². The van der Waals surface area contributed by atoms with E-state index in [0.717, 1.165) is 0 Å². The van der Waals surface area contributed by atoms with E-state index in [4.69, 9.17) is 16.3 Å². The molecular weight excluding hydrogens is 445 g/mol. The summed E-state index contributed by atoms with van der Waals surface area (Å²) in [4.78, 5) is 0.113. The van der Waals surface area contributed by atoms with Gasteiger partial charge in [-0.3, -0.25) is 4.72 Å². The molecule has 0 fully saturated rings. The summed E-state index contributed by atoms with van der Waals surface area (Å²) >= 11 is 12.5. The molecule has 0 aliphatic rings. The quantitative estimate of drug-likeness (QED) is 0.729. The summed E-state index contributed by atoms with van der Waals surface area (Å²) in [5.41, 5.74) is 0.370. The smallest absolute Gasteiger partial charge is 0.261 e. The minimum Gasteiger partial charge on any atom is -0.496 e. The predicted molar refractivity (Wildman–Crippen MR) is 90.7 cm³/mol. The summed E-state index contributed by atoms with van der Waals surface area (Å²) in [5.74, 6) is 0.554. The van der Waals surface area contributed by atoms with E-state index in [9.17, 15) is 8.42 Å². The molecule has 2 rings (SSSR count). The Morgan fingerprint density at radius 3 is 2.52 bits per heavy atom. The maximum Gasteiger partial charge on any atom is 0.261 e. The molecule has 0 aliphatic carbocycles. The first kappa shape index (κ1) is 16.6. The lowest BCUT2D eigenvalue weighted by molar-refractivity contribution is 0.411. The molecule has 1 N–H and O–H groups in total. The maximum atomic E-state index is 12.4. The number of anilines is 1. The lowest BCUT2D eigenvalue weighted by Gasteiger charge is -2.11. The van der Waals surface area contributed by atoms with Gasteiger partial charge in [0.1, 0.15) is 5.75 Å². The fourth-order valence-corrected chi connectivity index (χ4v) is 4.06.